The Hall–Kier alpha value is -1.70. The van der Waals surface area contributed by atoms with Gasteiger partial charge < -0.3 is 0 Å². The quantitative estimate of drug-likeness (QED) is 0.740. The maximum atomic E-state index is 12.2. The molecule has 0 radical (unpaired) electrons. The van der Waals surface area contributed by atoms with Crippen molar-refractivity contribution in [1.82, 2.24) is 0 Å². The first-order chi connectivity index (χ1) is 7.93. The second-order valence-electron chi connectivity index (χ2n) is 5.18. The molecule has 0 unspecified atom stereocenters. The molecule has 1 aromatic rings. The number of rotatable bonds is 1. The van der Waals surface area contributed by atoms with Crippen molar-refractivity contribution in [1.29, 1.82) is 0 Å². The second-order valence-corrected chi connectivity index (χ2v) is 5.18. The van der Waals surface area contributed by atoms with Gasteiger partial charge in [-0.25, -0.2) is 0 Å². The normalized spacial score (nSPS) is 19.7. The molecule has 0 spiro atoms. The van der Waals surface area contributed by atoms with Crippen LogP contribution in [-0.2, 0) is 9.59 Å². The van der Waals surface area contributed by atoms with Gasteiger partial charge in [0.15, 0.2) is 11.6 Å². The summed E-state index contributed by atoms with van der Waals surface area (Å²) in [5, 5.41) is 0. The van der Waals surface area contributed by atoms with Crippen LogP contribution in [0.5, 0.6) is 0 Å². The molecule has 2 rings (SSSR count). The van der Waals surface area contributed by atoms with Crippen LogP contribution in [0.1, 0.15) is 32.8 Å². The molecule has 0 aliphatic heterocycles. The molecule has 0 fully saturated rings. The number of Topliss-reactive ketones (excluding diaryl/α,β-unsaturated/α-hetero) is 2. The number of carbonyl (C=O) groups excluding carboxylic acids is 2. The minimum Gasteiger partial charge on any atom is -0.294 e. The molecule has 0 bridgehead atoms. The Bertz CT molecular complexity index is 507. The van der Waals surface area contributed by atoms with Gasteiger partial charge >= 0.3 is 0 Å². The summed E-state index contributed by atoms with van der Waals surface area (Å²) in [7, 11) is 0. The van der Waals surface area contributed by atoms with E-state index in [9.17, 15) is 9.59 Å². The van der Waals surface area contributed by atoms with E-state index in [0.29, 0.717) is 17.6 Å². The highest BCUT2D eigenvalue weighted by molar-refractivity contribution is 6.31. The van der Waals surface area contributed by atoms with E-state index in [1.165, 1.54) is 0 Å². The number of hydrogen-bond acceptors (Lipinski definition) is 2. The molecular weight excluding hydrogens is 212 g/mol. The minimum atomic E-state index is -0.556. The van der Waals surface area contributed by atoms with Crippen molar-refractivity contribution in [2.24, 2.45) is 5.41 Å². The van der Waals surface area contributed by atoms with Crippen molar-refractivity contribution in [3.05, 3.63) is 41.5 Å². The van der Waals surface area contributed by atoms with Crippen molar-refractivity contribution < 1.29 is 9.59 Å². The summed E-state index contributed by atoms with van der Waals surface area (Å²) in [6, 6.07) is 9.42. The molecule has 1 aromatic carbocycles. The summed E-state index contributed by atoms with van der Waals surface area (Å²) in [4.78, 5) is 24.3. The Morgan fingerprint density at radius 2 is 1.65 bits per heavy atom. The fraction of sp³-hybridized carbons (Fsp3) is 0.333. The first kappa shape index (κ1) is 11.8. The SMILES string of the molecule is CC1=C(c2ccccc2)C(=O)CC(C)(C)C1=O. The number of carbonyl (C=O) groups is 2. The largest absolute Gasteiger partial charge is 0.294 e. The van der Waals surface area contributed by atoms with Crippen molar-refractivity contribution in [2.45, 2.75) is 27.2 Å². The molecule has 2 heteroatoms. The third-order valence-electron chi connectivity index (χ3n) is 3.27. The molecule has 1 aliphatic rings. The summed E-state index contributed by atoms with van der Waals surface area (Å²) in [5.41, 5.74) is 1.48. The van der Waals surface area contributed by atoms with E-state index in [-0.39, 0.29) is 11.6 Å². The zero-order chi connectivity index (χ0) is 12.6. The first-order valence-electron chi connectivity index (χ1n) is 5.78. The molecule has 88 valence electrons. The van der Waals surface area contributed by atoms with Gasteiger partial charge in [-0.15, -0.1) is 0 Å². The standard InChI is InChI=1S/C15H16O2/c1-10-13(11-7-5-4-6-8-11)12(16)9-15(2,3)14(10)17/h4-8H,9H2,1-3H3. The highest BCUT2D eigenvalue weighted by atomic mass is 16.1. The molecular formula is C15H16O2. The maximum Gasteiger partial charge on any atom is 0.165 e. The van der Waals surface area contributed by atoms with Crippen LogP contribution in [-0.4, -0.2) is 11.6 Å². The van der Waals surface area contributed by atoms with Gasteiger partial charge in [-0.3, -0.25) is 9.59 Å². The number of benzene rings is 1. The number of allylic oxidation sites excluding steroid dienone is 2. The van der Waals surface area contributed by atoms with Gasteiger partial charge in [-0.1, -0.05) is 44.2 Å². The Balaban J connectivity index is 2.58. The molecule has 1 aliphatic carbocycles. The highest BCUT2D eigenvalue weighted by Gasteiger charge is 2.38. The first-order valence-corrected chi connectivity index (χ1v) is 5.78. The lowest BCUT2D eigenvalue weighted by Gasteiger charge is -2.29. The van der Waals surface area contributed by atoms with E-state index >= 15 is 0 Å². The number of ketones is 2. The van der Waals surface area contributed by atoms with Crippen LogP contribution in [0, 0.1) is 5.41 Å². The third kappa shape index (κ3) is 1.95. The molecule has 0 heterocycles. The van der Waals surface area contributed by atoms with E-state index < -0.39 is 5.41 Å². The van der Waals surface area contributed by atoms with Crippen LogP contribution in [0.2, 0.25) is 0 Å². The Kier molecular flexibility index (Phi) is 2.74. The van der Waals surface area contributed by atoms with Gasteiger partial charge in [0.05, 0.1) is 0 Å². The average Bonchev–Trinajstić information content (AvgIpc) is 2.27. The van der Waals surface area contributed by atoms with Crippen molar-refractivity contribution in [3.8, 4) is 0 Å². The second kappa shape index (κ2) is 3.95. The summed E-state index contributed by atoms with van der Waals surface area (Å²) in [6.07, 6.45) is 0.299. The van der Waals surface area contributed by atoms with Crippen molar-refractivity contribution >= 4 is 17.1 Å². The Labute approximate surface area is 101 Å². The van der Waals surface area contributed by atoms with Crippen LogP contribution in [0.15, 0.2) is 35.9 Å². The third-order valence-corrected chi connectivity index (χ3v) is 3.27. The summed E-state index contributed by atoms with van der Waals surface area (Å²) >= 11 is 0. The van der Waals surface area contributed by atoms with Gasteiger partial charge in [-0.2, -0.15) is 0 Å². The Morgan fingerprint density at radius 1 is 1.06 bits per heavy atom. The molecule has 2 nitrogen and oxygen atoms in total. The molecule has 0 amide bonds. The molecule has 0 atom stereocenters. The van der Waals surface area contributed by atoms with Crippen LogP contribution in [0.4, 0.5) is 0 Å². The van der Waals surface area contributed by atoms with E-state index in [1.807, 2.05) is 44.2 Å². The van der Waals surface area contributed by atoms with Crippen LogP contribution >= 0.6 is 0 Å². The van der Waals surface area contributed by atoms with Crippen molar-refractivity contribution in [3.63, 3.8) is 0 Å². The lowest BCUT2D eigenvalue weighted by atomic mass is 9.71. The van der Waals surface area contributed by atoms with E-state index in [1.54, 1.807) is 6.92 Å². The summed E-state index contributed by atoms with van der Waals surface area (Å²) < 4.78 is 0. The molecule has 0 saturated heterocycles. The van der Waals surface area contributed by atoms with E-state index in [2.05, 4.69) is 0 Å². The van der Waals surface area contributed by atoms with Gasteiger partial charge in [0, 0.05) is 23.0 Å². The topological polar surface area (TPSA) is 34.1 Å². The minimum absolute atomic E-state index is 0.0679. The molecule has 0 aromatic heterocycles. The lowest BCUT2D eigenvalue weighted by molar-refractivity contribution is -0.129. The lowest BCUT2D eigenvalue weighted by Crippen LogP contribution is -2.34. The summed E-state index contributed by atoms with van der Waals surface area (Å²) in [5.74, 6) is 0.147. The predicted molar refractivity (Wildman–Crippen MR) is 67.4 cm³/mol. The Morgan fingerprint density at radius 3 is 2.24 bits per heavy atom. The monoisotopic (exact) mass is 228 g/mol. The highest BCUT2D eigenvalue weighted by Crippen LogP contribution is 2.37. The molecule has 0 saturated carbocycles. The zero-order valence-electron chi connectivity index (χ0n) is 10.4. The van der Waals surface area contributed by atoms with Crippen LogP contribution < -0.4 is 0 Å². The van der Waals surface area contributed by atoms with E-state index in [4.69, 9.17) is 0 Å². The predicted octanol–water partition coefficient (Wildman–Crippen LogP) is 3.03. The fourth-order valence-corrected chi connectivity index (χ4v) is 2.38. The fourth-order valence-electron chi connectivity index (χ4n) is 2.38. The average molecular weight is 228 g/mol. The van der Waals surface area contributed by atoms with Gasteiger partial charge in [-0.05, 0) is 12.5 Å². The zero-order valence-corrected chi connectivity index (χ0v) is 10.4. The van der Waals surface area contributed by atoms with E-state index in [0.717, 1.165) is 5.56 Å². The van der Waals surface area contributed by atoms with Gasteiger partial charge in [0.1, 0.15) is 0 Å². The smallest absolute Gasteiger partial charge is 0.165 e. The van der Waals surface area contributed by atoms with Gasteiger partial charge in [0.2, 0.25) is 0 Å². The molecule has 17 heavy (non-hydrogen) atoms. The molecule has 0 N–H and O–H groups in total. The maximum absolute atomic E-state index is 12.2. The van der Waals surface area contributed by atoms with Crippen LogP contribution in [0.25, 0.3) is 5.57 Å². The number of hydrogen-bond donors (Lipinski definition) is 0. The van der Waals surface area contributed by atoms with Crippen LogP contribution in [0.3, 0.4) is 0 Å². The van der Waals surface area contributed by atoms with Gasteiger partial charge in [0.25, 0.3) is 0 Å². The van der Waals surface area contributed by atoms with Crippen molar-refractivity contribution in [2.75, 3.05) is 0 Å². The summed E-state index contributed by atoms with van der Waals surface area (Å²) in [6.45, 7) is 5.42.